The lowest BCUT2D eigenvalue weighted by atomic mass is 9.93. The van der Waals surface area contributed by atoms with Crippen LogP contribution < -0.4 is 0 Å². The normalized spacial score (nSPS) is 20.8. The Hall–Kier alpha value is -1.20. The van der Waals surface area contributed by atoms with Crippen LogP contribution in [0.25, 0.3) is 0 Å². The molecule has 1 aliphatic rings. The lowest BCUT2D eigenvalue weighted by Gasteiger charge is -2.34. The van der Waals surface area contributed by atoms with Gasteiger partial charge in [-0.3, -0.25) is 4.79 Å². The molecule has 0 aliphatic carbocycles. The van der Waals surface area contributed by atoms with Crippen LogP contribution in [0, 0.1) is 11.3 Å². The van der Waals surface area contributed by atoms with Crippen LogP contribution >= 0.6 is 23.4 Å². The lowest BCUT2D eigenvalue weighted by Crippen LogP contribution is -2.49. The summed E-state index contributed by atoms with van der Waals surface area (Å²) >= 11 is 7.61. The van der Waals surface area contributed by atoms with E-state index in [9.17, 15) is 9.59 Å². The maximum atomic E-state index is 13.2. The number of carbonyl (C=O) groups is 2. The minimum absolute atomic E-state index is 0.118. The molecule has 0 aromatic heterocycles. The SMILES string of the molecule is CC(C)COC(=O)C1CSC(c2ccccc2)N1C(=O)C(C)(C)CCl. The number of benzene rings is 1. The summed E-state index contributed by atoms with van der Waals surface area (Å²) in [4.78, 5) is 27.4. The van der Waals surface area contributed by atoms with E-state index in [1.807, 2.05) is 58.0 Å². The molecule has 2 unspecified atom stereocenters. The van der Waals surface area contributed by atoms with Gasteiger partial charge in [-0.05, 0) is 25.3 Å². The van der Waals surface area contributed by atoms with E-state index in [2.05, 4.69) is 0 Å². The number of halogens is 1. The summed E-state index contributed by atoms with van der Waals surface area (Å²) < 4.78 is 5.42. The highest BCUT2D eigenvalue weighted by Crippen LogP contribution is 2.44. The average molecular weight is 384 g/mol. The Kier molecular flexibility index (Phi) is 6.80. The van der Waals surface area contributed by atoms with E-state index >= 15 is 0 Å². The molecule has 2 rings (SSSR count). The second-order valence-electron chi connectivity index (χ2n) is 7.37. The third-order valence-electron chi connectivity index (χ3n) is 4.06. The molecule has 6 heteroatoms. The second-order valence-corrected chi connectivity index (χ2v) is 8.75. The molecular weight excluding hydrogens is 358 g/mol. The van der Waals surface area contributed by atoms with Gasteiger partial charge in [-0.1, -0.05) is 44.2 Å². The number of hydrogen-bond donors (Lipinski definition) is 0. The Morgan fingerprint density at radius 3 is 2.52 bits per heavy atom. The fraction of sp³-hybridized carbons (Fsp3) is 0.579. The van der Waals surface area contributed by atoms with E-state index in [1.54, 1.807) is 16.7 Å². The van der Waals surface area contributed by atoms with Gasteiger partial charge in [0, 0.05) is 11.6 Å². The summed E-state index contributed by atoms with van der Waals surface area (Å²) in [5.74, 6) is 0.528. The Morgan fingerprint density at radius 1 is 1.32 bits per heavy atom. The number of carbonyl (C=O) groups excluding carboxylic acids is 2. The first-order chi connectivity index (χ1) is 11.8. The molecule has 4 nitrogen and oxygen atoms in total. The second kappa shape index (κ2) is 8.45. The quantitative estimate of drug-likeness (QED) is 0.548. The molecule has 1 amide bonds. The zero-order valence-electron chi connectivity index (χ0n) is 15.2. The van der Waals surface area contributed by atoms with Crippen LogP contribution in [0.15, 0.2) is 30.3 Å². The molecule has 2 atom stereocenters. The number of thioether (sulfide) groups is 1. The molecule has 25 heavy (non-hydrogen) atoms. The smallest absolute Gasteiger partial charge is 0.329 e. The number of amides is 1. The summed E-state index contributed by atoms with van der Waals surface area (Å²) in [7, 11) is 0. The zero-order chi connectivity index (χ0) is 18.6. The first kappa shape index (κ1) is 20.1. The van der Waals surface area contributed by atoms with Crippen molar-refractivity contribution in [2.24, 2.45) is 11.3 Å². The first-order valence-electron chi connectivity index (χ1n) is 8.50. The van der Waals surface area contributed by atoms with Crippen LogP contribution in [-0.2, 0) is 14.3 Å². The van der Waals surface area contributed by atoms with Gasteiger partial charge in [-0.25, -0.2) is 4.79 Å². The van der Waals surface area contributed by atoms with Gasteiger partial charge in [0.1, 0.15) is 11.4 Å². The van der Waals surface area contributed by atoms with E-state index in [1.165, 1.54) is 0 Å². The van der Waals surface area contributed by atoms with Crippen molar-refractivity contribution in [2.75, 3.05) is 18.2 Å². The highest BCUT2D eigenvalue weighted by atomic mass is 35.5. The largest absolute Gasteiger partial charge is 0.464 e. The topological polar surface area (TPSA) is 46.6 Å². The van der Waals surface area contributed by atoms with Gasteiger partial charge in [0.05, 0.1) is 12.0 Å². The van der Waals surface area contributed by atoms with Gasteiger partial charge in [0.2, 0.25) is 5.91 Å². The monoisotopic (exact) mass is 383 g/mol. The Bertz CT molecular complexity index is 606. The van der Waals surface area contributed by atoms with Crippen LogP contribution in [0.1, 0.15) is 38.6 Å². The minimum atomic E-state index is -0.740. The predicted molar refractivity (Wildman–Crippen MR) is 103 cm³/mol. The summed E-state index contributed by atoms with van der Waals surface area (Å²) in [6.45, 7) is 7.96. The maximum Gasteiger partial charge on any atom is 0.329 e. The molecule has 1 aromatic rings. The fourth-order valence-corrected chi connectivity index (χ4v) is 4.09. The van der Waals surface area contributed by atoms with Crippen LogP contribution in [0.4, 0.5) is 0 Å². The van der Waals surface area contributed by atoms with Crippen molar-refractivity contribution in [2.45, 2.75) is 39.1 Å². The third kappa shape index (κ3) is 4.70. The van der Waals surface area contributed by atoms with E-state index in [4.69, 9.17) is 16.3 Å². The highest BCUT2D eigenvalue weighted by molar-refractivity contribution is 7.99. The molecule has 1 fully saturated rings. The van der Waals surface area contributed by atoms with Crippen molar-refractivity contribution >= 4 is 35.2 Å². The molecule has 0 radical (unpaired) electrons. The number of rotatable bonds is 6. The number of ether oxygens (including phenoxy) is 1. The summed E-state index contributed by atoms with van der Waals surface area (Å²) in [5, 5.41) is -0.201. The molecule has 0 N–H and O–H groups in total. The van der Waals surface area contributed by atoms with Gasteiger partial charge in [0.25, 0.3) is 0 Å². The third-order valence-corrected chi connectivity index (χ3v) is 6.06. The van der Waals surface area contributed by atoms with Crippen molar-refractivity contribution in [1.29, 1.82) is 0 Å². The first-order valence-corrected chi connectivity index (χ1v) is 10.1. The molecule has 0 saturated carbocycles. The average Bonchev–Trinajstić information content (AvgIpc) is 3.04. The predicted octanol–water partition coefficient (Wildman–Crippen LogP) is 4.09. The van der Waals surface area contributed by atoms with Gasteiger partial charge in [0.15, 0.2) is 0 Å². The lowest BCUT2D eigenvalue weighted by molar-refractivity contribution is -0.157. The number of esters is 1. The summed E-state index contributed by atoms with van der Waals surface area (Å²) in [6.07, 6.45) is 0. The maximum absolute atomic E-state index is 13.2. The van der Waals surface area contributed by atoms with Crippen molar-refractivity contribution in [3.05, 3.63) is 35.9 Å². The van der Waals surface area contributed by atoms with E-state index in [0.717, 1.165) is 5.56 Å². The Balaban J connectivity index is 2.30. The van der Waals surface area contributed by atoms with Gasteiger partial charge in [-0.15, -0.1) is 23.4 Å². The summed E-state index contributed by atoms with van der Waals surface area (Å²) in [5.41, 5.74) is 0.265. The number of alkyl halides is 1. The van der Waals surface area contributed by atoms with Crippen LogP contribution in [0.5, 0.6) is 0 Å². The Labute approximate surface area is 159 Å². The molecule has 1 heterocycles. The number of nitrogens with zero attached hydrogens (tertiary/aromatic N) is 1. The Morgan fingerprint density at radius 2 is 1.96 bits per heavy atom. The van der Waals surface area contributed by atoms with Crippen molar-refractivity contribution in [3.8, 4) is 0 Å². The molecule has 0 bridgehead atoms. The fourth-order valence-electron chi connectivity index (χ4n) is 2.56. The zero-order valence-corrected chi connectivity index (χ0v) is 16.8. The molecule has 138 valence electrons. The van der Waals surface area contributed by atoms with Crippen molar-refractivity contribution in [3.63, 3.8) is 0 Å². The minimum Gasteiger partial charge on any atom is -0.464 e. The highest BCUT2D eigenvalue weighted by Gasteiger charge is 2.47. The van der Waals surface area contributed by atoms with Gasteiger partial charge >= 0.3 is 5.97 Å². The summed E-state index contributed by atoms with van der Waals surface area (Å²) in [6, 6.07) is 9.20. The van der Waals surface area contributed by atoms with Crippen molar-refractivity contribution < 1.29 is 14.3 Å². The molecule has 1 aromatic carbocycles. The van der Waals surface area contributed by atoms with Crippen LogP contribution in [0.3, 0.4) is 0 Å². The van der Waals surface area contributed by atoms with Crippen molar-refractivity contribution in [1.82, 2.24) is 4.90 Å². The van der Waals surface area contributed by atoms with E-state index in [-0.39, 0.29) is 29.0 Å². The van der Waals surface area contributed by atoms with Crippen LogP contribution in [0.2, 0.25) is 0 Å². The molecule has 1 saturated heterocycles. The van der Waals surface area contributed by atoms with Crippen LogP contribution in [-0.4, -0.2) is 41.1 Å². The molecule has 1 aliphatic heterocycles. The standard InChI is InChI=1S/C19H26ClNO3S/c1-13(2)10-24-17(22)15-11-25-16(14-8-6-5-7-9-14)21(15)18(23)19(3,4)12-20/h5-9,13,15-16H,10-12H2,1-4H3. The van der Waals surface area contributed by atoms with E-state index < -0.39 is 11.5 Å². The molecule has 0 spiro atoms. The van der Waals surface area contributed by atoms with Gasteiger partial charge < -0.3 is 9.64 Å². The number of hydrogen-bond acceptors (Lipinski definition) is 4. The van der Waals surface area contributed by atoms with E-state index in [0.29, 0.717) is 12.4 Å². The van der Waals surface area contributed by atoms with Gasteiger partial charge in [-0.2, -0.15) is 0 Å². The molecular formula is C19H26ClNO3S.